The molecule has 0 aliphatic rings. The summed E-state index contributed by atoms with van der Waals surface area (Å²) >= 11 is 0. The number of ether oxygens (including phenoxy) is 3. The summed E-state index contributed by atoms with van der Waals surface area (Å²) in [6.45, 7) is 4.54. The van der Waals surface area contributed by atoms with Crippen LogP contribution in [0.5, 0.6) is 0 Å². The van der Waals surface area contributed by atoms with Gasteiger partial charge in [-0.3, -0.25) is 9.59 Å². The SMILES string of the molecule is CC/C=C/C/C=C/C/C=C/C/C=C/C/C=C/CCC(=O)OC(COCCC(C(=O)O)[N+](C)(C)C)COC(=O)CCCCCCCCC/C=C/CCCCCCCCCCCC. The molecule has 0 aromatic rings. The lowest BCUT2D eigenvalue weighted by atomic mass is 10.1. The predicted molar refractivity (Wildman–Crippen MR) is 257 cm³/mol. The zero-order chi connectivity index (χ0) is 44.9. The number of hydrogen-bond donors (Lipinski definition) is 1. The van der Waals surface area contributed by atoms with Crippen LogP contribution < -0.4 is 0 Å². The molecule has 0 aliphatic carbocycles. The largest absolute Gasteiger partial charge is 0.477 e. The number of rotatable bonds is 43. The van der Waals surface area contributed by atoms with E-state index < -0.39 is 18.1 Å². The van der Waals surface area contributed by atoms with Crippen molar-refractivity contribution >= 4 is 17.9 Å². The van der Waals surface area contributed by atoms with Crippen molar-refractivity contribution in [1.29, 1.82) is 0 Å². The van der Waals surface area contributed by atoms with Crippen LogP contribution in [0.3, 0.4) is 0 Å². The van der Waals surface area contributed by atoms with Crippen molar-refractivity contribution in [1.82, 2.24) is 0 Å². The number of carbonyl (C=O) groups excluding carboxylic acids is 2. The number of carboxylic acids is 1. The van der Waals surface area contributed by atoms with E-state index in [9.17, 15) is 19.5 Å². The summed E-state index contributed by atoms with van der Waals surface area (Å²) in [6.07, 6.45) is 55.4. The number of nitrogens with zero attached hydrogens (tertiary/aromatic N) is 1. The molecule has 0 rings (SSSR count). The van der Waals surface area contributed by atoms with E-state index in [0.29, 0.717) is 19.3 Å². The first-order valence-corrected chi connectivity index (χ1v) is 24.5. The van der Waals surface area contributed by atoms with Crippen LogP contribution in [0.2, 0.25) is 0 Å². The van der Waals surface area contributed by atoms with Gasteiger partial charge in [0.15, 0.2) is 12.1 Å². The third-order valence-electron chi connectivity index (χ3n) is 10.6. The standard InChI is InChI=1S/C53H91NO7/c1-6-8-10-12-14-16-18-20-22-24-25-26-27-28-30-31-33-35-37-39-41-43-51(55)60-48-49(47-59-46-45-50(53(57)58)54(3,4)5)61-52(56)44-42-40-38-36-34-32-29-23-21-19-17-15-13-11-9-7-2/h9,11,15,17,21,23,26-27,32,34,38,40,49-50H,6-8,10,12-14,16,18-20,22,24-25,28-31,33,35-37,39,41-48H2,1-5H3/p+1/b11-9+,17-15+,23-21+,27-26+,34-32+,40-38+. The molecule has 350 valence electrons. The zero-order valence-electron chi connectivity index (χ0n) is 39.8. The van der Waals surface area contributed by atoms with E-state index in [1.54, 1.807) is 0 Å². The van der Waals surface area contributed by atoms with Gasteiger partial charge in [-0.25, -0.2) is 4.79 Å². The highest BCUT2D eigenvalue weighted by atomic mass is 16.6. The van der Waals surface area contributed by atoms with Crippen LogP contribution in [0.1, 0.15) is 194 Å². The molecule has 61 heavy (non-hydrogen) atoms. The summed E-state index contributed by atoms with van der Waals surface area (Å²) in [4.78, 5) is 37.0. The summed E-state index contributed by atoms with van der Waals surface area (Å²) in [5, 5.41) is 9.64. The summed E-state index contributed by atoms with van der Waals surface area (Å²) in [5.41, 5.74) is 0. The van der Waals surface area contributed by atoms with Crippen molar-refractivity contribution in [2.75, 3.05) is 41.0 Å². The average molecular weight is 855 g/mol. The van der Waals surface area contributed by atoms with Crippen LogP contribution in [0.15, 0.2) is 72.9 Å². The van der Waals surface area contributed by atoms with Crippen LogP contribution in [0.25, 0.3) is 0 Å². The second-order valence-electron chi connectivity index (χ2n) is 17.3. The Hall–Kier alpha value is -3.23. The summed E-state index contributed by atoms with van der Waals surface area (Å²) in [6, 6.07) is -0.631. The van der Waals surface area contributed by atoms with E-state index in [-0.39, 0.29) is 42.7 Å². The fourth-order valence-electron chi connectivity index (χ4n) is 6.84. The highest BCUT2D eigenvalue weighted by Gasteiger charge is 2.31. The topological polar surface area (TPSA) is 99.1 Å². The monoisotopic (exact) mass is 855 g/mol. The van der Waals surface area contributed by atoms with Crippen molar-refractivity contribution < 1.29 is 38.2 Å². The lowest BCUT2D eigenvalue weighted by Gasteiger charge is -2.31. The van der Waals surface area contributed by atoms with Gasteiger partial charge in [0.1, 0.15) is 6.61 Å². The molecule has 1 N–H and O–H groups in total. The van der Waals surface area contributed by atoms with E-state index in [1.165, 1.54) is 103 Å². The molecule has 0 amide bonds. The molecule has 0 aliphatic heterocycles. The molecule has 0 saturated carbocycles. The van der Waals surface area contributed by atoms with Crippen LogP contribution in [-0.4, -0.2) is 80.6 Å². The van der Waals surface area contributed by atoms with E-state index in [4.69, 9.17) is 14.2 Å². The van der Waals surface area contributed by atoms with Gasteiger partial charge in [-0.15, -0.1) is 0 Å². The number of aliphatic carboxylic acids is 1. The minimum absolute atomic E-state index is 0.0271. The third kappa shape index (κ3) is 41.9. The Labute approximate surface area is 374 Å². The molecule has 2 atom stereocenters. The number of esters is 2. The number of unbranched alkanes of at least 4 members (excludes halogenated alkanes) is 17. The van der Waals surface area contributed by atoms with Crippen LogP contribution in [0, 0.1) is 0 Å². The van der Waals surface area contributed by atoms with Gasteiger partial charge >= 0.3 is 17.9 Å². The number of allylic oxidation sites excluding steroid dienone is 12. The molecule has 0 heterocycles. The van der Waals surface area contributed by atoms with Gasteiger partial charge in [-0.1, -0.05) is 177 Å². The van der Waals surface area contributed by atoms with Gasteiger partial charge in [-0.2, -0.15) is 0 Å². The number of quaternary nitrogens is 1. The first-order valence-electron chi connectivity index (χ1n) is 24.5. The third-order valence-corrected chi connectivity index (χ3v) is 10.6. The Morgan fingerprint density at radius 2 is 0.951 bits per heavy atom. The molecule has 8 heteroatoms. The predicted octanol–water partition coefficient (Wildman–Crippen LogP) is 13.9. The minimum Gasteiger partial charge on any atom is -0.477 e. The van der Waals surface area contributed by atoms with Gasteiger partial charge in [0.25, 0.3) is 0 Å². The molecule has 0 aromatic carbocycles. The Kier molecular flexibility index (Phi) is 41.1. The Balaban J connectivity index is 4.35. The Morgan fingerprint density at radius 1 is 0.508 bits per heavy atom. The molecule has 0 saturated heterocycles. The van der Waals surface area contributed by atoms with Gasteiger partial charge in [0, 0.05) is 19.3 Å². The molecule has 0 radical (unpaired) electrons. The maximum atomic E-state index is 12.7. The number of hydrogen-bond acceptors (Lipinski definition) is 6. The van der Waals surface area contributed by atoms with Crippen LogP contribution in [0.4, 0.5) is 0 Å². The summed E-state index contributed by atoms with van der Waals surface area (Å²) < 4.78 is 17.2. The van der Waals surface area contributed by atoms with Gasteiger partial charge < -0.3 is 23.8 Å². The Morgan fingerprint density at radius 3 is 1.43 bits per heavy atom. The molecule has 0 aromatic heterocycles. The molecule has 0 spiro atoms. The normalized spacial score (nSPS) is 13.5. The van der Waals surface area contributed by atoms with E-state index in [2.05, 4.69) is 74.6 Å². The van der Waals surface area contributed by atoms with Gasteiger partial charge in [0.05, 0.1) is 34.4 Å². The smallest absolute Gasteiger partial charge is 0.362 e. The molecule has 2 unspecified atom stereocenters. The fourth-order valence-corrected chi connectivity index (χ4v) is 6.84. The minimum atomic E-state index is -0.888. The zero-order valence-corrected chi connectivity index (χ0v) is 39.8. The first-order chi connectivity index (χ1) is 29.6. The first kappa shape index (κ1) is 57.8. The lowest BCUT2D eigenvalue weighted by molar-refractivity contribution is -0.887. The maximum absolute atomic E-state index is 12.7. The Bertz CT molecular complexity index is 1230. The van der Waals surface area contributed by atoms with Crippen molar-refractivity contribution in [3.63, 3.8) is 0 Å². The van der Waals surface area contributed by atoms with Crippen LogP contribution >= 0.6 is 0 Å². The highest BCUT2D eigenvalue weighted by molar-refractivity contribution is 5.72. The lowest BCUT2D eigenvalue weighted by Crippen LogP contribution is -2.50. The second-order valence-corrected chi connectivity index (χ2v) is 17.3. The second kappa shape index (κ2) is 43.4. The molecule has 0 bridgehead atoms. The van der Waals surface area contributed by atoms with E-state index in [0.717, 1.165) is 51.4 Å². The number of carbonyl (C=O) groups is 3. The van der Waals surface area contributed by atoms with E-state index in [1.807, 2.05) is 33.3 Å². The van der Waals surface area contributed by atoms with Crippen LogP contribution in [-0.2, 0) is 28.6 Å². The summed E-state index contributed by atoms with van der Waals surface area (Å²) in [5.74, 6) is -1.58. The van der Waals surface area contributed by atoms with Crippen molar-refractivity contribution in [2.24, 2.45) is 0 Å². The van der Waals surface area contributed by atoms with Gasteiger partial charge in [-0.05, 0) is 70.6 Å². The van der Waals surface area contributed by atoms with Gasteiger partial charge in [0.2, 0.25) is 0 Å². The quantitative estimate of drug-likeness (QED) is 0.0282. The number of carboxylic acid groups (broad SMARTS) is 1. The molecular weight excluding hydrogens is 763 g/mol. The maximum Gasteiger partial charge on any atom is 0.362 e. The molecular formula is C53H92NO7+. The highest BCUT2D eigenvalue weighted by Crippen LogP contribution is 2.14. The van der Waals surface area contributed by atoms with Crippen molar-refractivity contribution in [3.8, 4) is 0 Å². The number of likely N-dealkylation sites (N-methyl/N-ethyl adjacent to an activating group) is 1. The fraction of sp³-hybridized carbons (Fsp3) is 0.717. The summed E-state index contributed by atoms with van der Waals surface area (Å²) in [7, 11) is 5.50. The molecule has 0 fully saturated rings. The molecule has 8 nitrogen and oxygen atoms in total. The average Bonchev–Trinajstić information content (AvgIpc) is 3.22. The van der Waals surface area contributed by atoms with Crippen molar-refractivity contribution in [2.45, 2.75) is 206 Å². The van der Waals surface area contributed by atoms with E-state index >= 15 is 0 Å². The van der Waals surface area contributed by atoms with Crippen molar-refractivity contribution in [3.05, 3.63) is 72.9 Å².